The molecule has 0 saturated heterocycles. The number of esters is 1. The molecule has 4 rings (SSSR count). The van der Waals surface area contributed by atoms with Gasteiger partial charge in [0.15, 0.2) is 5.75 Å². The van der Waals surface area contributed by atoms with Crippen LogP contribution >= 0.6 is 0 Å². The fourth-order valence-corrected chi connectivity index (χ4v) is 3.25. The number of benzene rings is 2. The molecule has 130 valence electrons. The van der Waals surface area contributed by atoms with Crippen molar-refractivity contribution in [1.82, 2.24) is 0 Å². The Labute approximate surface area is 148 Å². The number of hydrogen-bond acceptors (Lipinski definition) is 6. The number of hydrogen-bond donors (Lipinski definition) is 1. The summed E-state index contributed by atoms with van der Waals surface area (Å²) in [5, 5.41) is 0.606. The van der Waals surface area contributed by atoms with E-state index < -0.39 is 17.5 Å². The third-order valence-corrected chi connectivity index (χ3v) is 4.39. The second-order valence-electron chi connectivity index (χ2n) is 5.84. The lowest BCUT2D eigenvalue weighted by atomic mass is 9.83. The molecule has 0 bridgehead atoms. The van der Waals surface area contributed by atoms with Crippen molar-refractivity contribution in [3.05, 3.63) is 87.6 Å². The van der Waals surface area contributed by atoms with Gasteiger partial charge in [0.05, 0.1) is 24.0 Å². The summed E-state index contributed by atoms with van der Waals surface area (Å²) in [5.41, 5.74) is 6.88. The monoisotopic (exact) mass is 349 g/mol. The van der Waals surface area contributed by atoms with Crippen molar-refractivity contribution >= 4 is 16.9 Å². The topological polar surface area (TPSA) is 91.8 Å². The molecular weight excluding hydrogens is 334 g/mol. The molecule has 1 aromatic heterocycles. The fourth-order valence-electron chi connectivity index (χ4n) is 3.25. The molecule has 6 heteroatoms. The number of nitrogens with two attached hydrogens (primary N) is 1. The lowest BCUT2D eigenvalue weighted by Gasteiger charge is -2.27. The smallest absolute Gasteiger partial charge is 0.344 e. The van der Waals surface area contributed by atoms with Gasteiger partial charge in [0.2, 0.25) is 5.88 Å². The van der Waals surface area contributed by atoms with Crippen LogP contribution in [0.2, 0.25) is 0 Å². The minimum atomic E-state index is -0.742. The van der Waals surface area contributed by atoms with E-state index in [1.807, 2.05) is 30.3 Å². The van der Waals surface area contributed by atoms with Gasteiger partial charge >= 0.3 is 11.6 Å². The molecule has 1 atom stereocenters. The number of rotatable bonds is 2. The molecular formula is C20H15NO5. The van der Waals surface area contributed by atoms with Crippen LogP contribution in [0.1, 0.15) is 17.0 Å². The molecule has 3 aromatic rings. The highest BCUT2D eigenvalue weighted by molar-refractivity contribution is 5.94. The first kappa shape index (κ1) is 16.0. The van der Waals surface area contributed by atoms with Crippen LogP contribution in [0.4, 0.5) is 0 Å². The first-order valence-electron chi connectivity index (χ1n) is 7.98. The molecule has 0 spiro atoms. The Morgan fingerprint density at radius 2 is 1.77 bits per heavy atom. The maximum absolute atomic E-state index is 12.8. The summed E-state index contributed by atoms with van der Waals surface area (Å²) in [6.45, 7) is 0. The average Bonchev–Trinajstić information content (AvgIpc) is 2.67. The molecule has 0 radical (unpaired) electrons. The summed E-state index contributed by atoms with van der Waals surface area (Å²) < 4.78 is 16.0. The molecule has 1 aliphatic rings. The summed E-state index contributed by atoms with van der Waals surface area (Å²) in [5.74, 6) is -1.19. The largest absolute Gasteiger partial charge is 0.465 e. The van der Waals surface area contributed by atoms with E-state index >= 15 is 0 Å². The van der Waals surface area contributed by atoms with Crippen LogP contribution in [0.5, 0.6) is 5.75 Å². The summed E-state index contributed by atoms with van der Waals surface area (Å²) in [4.78, 5) is 25.1. The van der Waals surface area contributed by atoms with Crippen molar-refractivity contribution < 1.29 is 18.7 Å². The predicted octanol–water partition coefficient (Wildman–Crippen LogP) is 2.66. The Kier molecular flexibility index (Phi) is 3.73. The lowest BCUT2D eigenvalue weighted by Crippen LogP contribution is -2.30. The van der Waals surface area contributed by atoms with Gasteiger partial charge in [0, 0.05) is 0 Å². The quantitative estimate of drug-likeness (QED) is 0.565. The van der Waals surface area contributed by atoms with Crippen molar-refractivity contribution in [3.63, 3.8) is 0 Å². The first-order valence-corrected chi connectivity index (χ1v) is 7.98. The van der Waals surface area contributed by atoms with Gasteiger partial charge in [-0.3, -0.25) is 0 Å². The zero-order valence-electron chi connectivity index (χ0n) is 13.9. The third kappa shape index (κ3) is 2.35. The van der Waals surface area contributed by atoms with Crippen molar-refractivity contribution in [2.45, 2.75) is 5.92 Å². The average molecular weight is 349 g/mol. The number of fused-ring (bicyclic) bond motifs is 3. The number of methoxy groups -OCH3 is 1. The standard InChI is InChI=1S/C20H15NO5/c1-24-19(22)16-14(11-7-3-2-4-8-11)15-17(26-18(16)21)12-9-5-6-10-13(12)25-20(15)23/h2-10,14H,21H2,1H3. The fraction of sp³-hybridized carbons (Fsp3) is 0.100. The van der Waals surface area contributed by atoms with Crippen molar-refractivity contribution in [2.24, 2.45) is 5.73 Å². The second-order valence-corrected chi connectivity index (χ2v) is 5.84. The number of carbonyl (C=O) groups is 1. The van der Waals surface area contributed by atoms with Crippen LogP contribution in [0, 0.1) is 0 Å². The van der Waals surface area contributed by atoms with E-state index in [1.54, 1.807) is 24.3 Å². The first-order chi connectivity index (χ1) is 12.6. The Morgan fingerprint density at radius 3 is 2.50 bits per heavy atom. The van der Waals surface area contributed by atoms with E-state index in [0.717, 1.165) is 0 Å². The van der Waals surface area contributed by atoms with Crippen LogP contribution in [0.15, 0.2) is 75.3 Å². The molecule has 6 nitrogen and oxygen atoms in total. The van der Waals surface area contributed by atoms with Crippen molar-refractivity contribution in [1.29, 1.82) is 0 Å². The van der Waals surface area contributed by atoms with Gasteiger partial charge < -0.3 is 19.6 Å². The van der Waals surface area contributed by atoms with Crippen LogP contribution in [0.25, 0.3) is 11.0 Å². The zero-order valence-corrected chi connectivity index (χ0v) is 13.9. The van der Waals surface area contributed by atoms with Crippen LogP contribution < -0.4 is 16.1 Å². The van der Waals surface area contributed by atoms with E-state index in [4.69, 9.17) is 19.6 Å². The number of para-hydroxylation sites is 1. The highest BCUT2D eigenvalue weighted by Gasteiger charge is 2.38. The van der Waals surface area contributed by atoms with Gasteiger partial charge in [0.1, 0.15) is 11.2 Å². The minimum Gasteiger partial charge on any atom is -0.465 e. The highest BCUT2D eigenvalue weighted by Crippen LogP contribution is 2.43. The Balaban J connectivity index is 2.08. The van der Waals surface area contributed by atoms with Crippen LogP contribution in [0.3, 0.4) is 0 Å². The summed E-state index contributed by atoms with van der Waals surface area (Å²) in [6, 6.07) is 16.1. The highest BCUT2D eigenvalue weighted by atomic mass is 16.5. The SMILES string of the molecule is COC(=O)C1=C(N)Oc2c(c(=O)oc3ccccc23)C1c1ccccc1. The molecule has 0 saturated carbocycles. The Hall–Kier alpha value is -3.54. The van der Waals surface area contributed by atoms with Gasteiger partial charge in [-0.15, -0.1) is 0 Å². The maximum Gasteiger partial charge on any atom is 0.344 e. The Bertz CT molecular complexity index is 1100. The summed E-state index contributed by atoms with van der Waals surface area (Å²) in [6.07, 6.45) is 0. The van der Waals surface area contributed by atoms with E-state index in [-0.39, 0.29) is 17.0 Å². The van der Waals surface area contributed by atoms with Gasteiger partial charge in [0.25, 0.3) is 0 Å². The molecule has 0 aliphatic carbocycles. The predicted molar refractivity (Wildman–Crippen MR) is 94.6 cm³/mol. The third-order valence-electron chi connectivity index (χ3n) is 4.39. The van der Waals surface area contributed by atoms with Crippen molar-refractivity contribution in [2.75, 3.05) is 7.11 Å². The zero-order chi connectivity index (χ0) is 18.3. The molecule has 2 aromatic carbocycles. The Morgan fingerprint density at radius 1 is 1.08 bits per heavy atom. The number of ether oxygens (including phenoxy) is 2. The molecule has 0 amide bonds. The van der Waals surface area contributed by atoms with Crippen LogP contribution in [-0.2, 0) is 9.53 Å². The molecule has 26 heavy (non-hydrogen) atoms. The molecule has 1 aliphatic heterocycles. The lowest BCUT2D eigenvalue weighted by molar-refractivity contribution is -0.136. The molecule has 1 unspecified atom stereocenters. The minimum absolute atomic E-state index is 0.0776. The number of carbonyl (C=O) groups excluding carboxylic acids is 1. The van der Waals surface area contributed by atoms with E-state index in [0.29, 0.717) is 22.3 Å². The van der Waals surface area contributed by atoms with Crippen LogP contribution in [-0.4, -0.2) is 13.1 Å². The van der Waals surface area contributed by atoms with Gasteiger partial charge in [-0.2, -0.15) is 0 Å². The van der Waals surface area contributed by atoms with Gasteiger partial charge in [-0.05, 0) is 17.7 Å². The van der Waals surface area contributed by atoms with Gasteiger partial charge in [-0.25, -0.2) is 9.59 Å². The van der Waals surface area contributed by atoms with Gasteiger partial charge in [-0.1, -0.05) is 42.5 Å². The maximum atomic E-state index is 12.8. The van der Waals surface area contributed by atoms with E-state index in [2.05, 4.69) is 0 Å². The van der Waals surface area contributed by atoms with Crippen molar-refractivity contribution in [3.8, 4) is 5.75 Å². The summed E-state index contributed by atoms with van der Waals surface area (Å²) in [7, 11) is 1.25. The second kappa shape index (κ2) is 6.07. The van der Waals surface area contributed by atoms with E-state index in [1.165, 1.54) is 7.11 Å². The van der Waals surface area contributed by atoms with E-state index in [9.17, 15) is 9.59 Å². The molecule has 2 heterocycles. The molecule has 0 fully saturated rings. The molecule has 2 N–H and O–H groups in total. The normalized spacial score (nSPS) is 16.1. The summed E-state index contributed by atoms with van der Waals surface area (Å²) >= 11 is 0.